The lowest BCUT2D eigenvalue weighted by atomic mass is 10.2. The Morgan fingerprint density at radius 3 is 2.71 bits per heavy atom. The van der Waals surface area contributed by atoms with Gasteiger partial charge in [-0.1, -0.05) is 5.16 Å². The highest BCUT2D eigenvalue weighted by molar-refractivity contribution is 7.99. The molecule has 6 nitrogen and oxygen atoms in total. The predicted octanol–water partition coefficient (Wildman–Crippen LogP) is 0.839. The molecule has 0 fully saturated rings. The van der Waals surface area contributed by atoms with Crippen LogP contribution in [0.4, 0.5) is 0 Å². The van der Waals surface area contributed by atoms with Crippen LogP contribution < -0.4 is 5.32 Å². The molecule has 1 aromatic rings. The molecule has 2 N–H and O–H groups in total. The topological polar surface area (TPSA) is 92.4 Å². The summed E-state index contributed by atoms with van der Waals surface area (Å²) in [5, 5.41) is 14.8. The lowest BCUT2D eigenvalue weighted by molar-refractivity contribution is -0.133. The molecule has 0 bridgehead atoms. The van der Waals surface area contributed by atoms with Crippen LogP contribution in [0, 0.1) is 13.8 Å². The zero-order valence-corrected chi connectivity index (χ0v) is 10.5. The van der Waals surface area contributed by atoms with Gasteiger partial charge in [-0.2, -0.15) is 0 Å². The molecule has 0 saturated heterocycles. The SMILES string of the molecule is Cc1noc(C)c1C(=O)NCCSCC(=O)O. The van der Waals surface area contributed by atoms with Gasteiger partial charge in [0.2, 0.25) is 0 Å². The number of amides is 1. The fourth-order valence-electron chi connectivity index (χ4n) is 1.29. The summed E-state index contributed by atoms with van der Waals surface area (Å²) < 4.78 is 4.88. The van der Waals surface area contributed by atoms with Crippen molar-refractivity contribution in [2.24, 2.45) is 0 Å². The van der Waals surface area contributed by atoms with E-state index in [-0.39, 0.29) is 11.7 Å². The largest absolute Gasteiger partial charge is 0.481 e. The first-order valence-corrected chi connectivity index (χ1v) is 6.18. The smallest absolute Gasteiger partial charge is 0.313 e. The Bertz CT molecular complexity index is 397. The van der Waals surface area contributed by atoms with Gasteiger partial charge in [-0.05, 0) is 13.8 Å². The number of carbonyl (C=O) groups is 2. The fraction of sp³-hybridized carbons (Fsp3) is 0.500. The molecule has 0 atom stereocenters. The number of hydrogen-bond acceptors (Lipinski definition) is 5. The van der Waals surface area contributed by atoms with Gasteiger partial charge in [-0.3, -0.25) is 9.59 Å². The maximum absolute atomic E-state index is 11.7. The second-order valence-corrected chi connectivity index (χ2v) is 4.51. The molecule has 0 saturated carbocycles. The Hall–Kier alpha value is -1.50. The van der Waals surface area contributed by atoms with E-state index in [1.54, 1.807) is 13.8 Å². The van der Waals surface area contributed by atoms with E-state index in [9.17, 15) is 9.59 Å². The molecule has 0 unspecified atom stereocenters. The van der Waals surface area contributed by atoms with E-state index in [0.717, 1.165) is 0 Å². The van der Waals surface area contributed by atoms with Gasteiger partial charge in [0, 0.05) is 12.3 Å². The molecule has 7 heteroatoms. The van der Waals surface area contributed by atoms with E-state index in [2.05, 4.69) is 10.5 Å². The van der Waals surface area contributed by atoms with Gasteiger partial charge >= 0.3 is 5.97 Å². The van der Waals surface area contributed by atoms with Crippen molar-refractivity contribution in [3.8, 4) is 0 Å². The third-order valence-electron chi connectivity index (χ3n) is 2.02. The number of nitrogens with zero attached hydrogens (tertiary/aromatic N) is 1. The molecule has 1 heterocycles. The Morgan fingerprint density at radius 1 is 1.47 bits per heavy atom. The normalized spacial score (nSPS) is 10.2. The van der Waals surface area contributed by atoms with Gasteiger partial charge in [0.15, 0.2) is 0 Å². The first-order valence-electron chi connectivity index (χ1n) is 5.03. The van der Waals surface area contributed by atoms with E-state index < -0.39 is 5.97 Å². The van der Waals surface area contributed by atoms with Crippen LogP contribution in [0.25, 0.3) is 0 Å². The van der Waals surface area contributed by atoms with Gasteiger partial charge in [-0.15, -0.1) is 11.8 Å². The molecular weight excluding hydrogens is 244 g/mol. The average molecular weight is 258 g/mol. The van der Waals surface area contributed by atoms with Crippen LogP contribution in [0.5, 0.6) is 0 Å². The zero-order chi connectivity index (χ0) is 12.8. The Kier molecular flexibility index (Phi) is 5.02. The first kappa shape index (κ1) is 13.6. The Labute approximate surface area is 103 Å². The van der Waals surface area contributed by atoms with E-state index >= 15 is 0 Å². The number of carboxylic acids is 1. The van der Waals surface area contributed by atoms with E-state index in [0.29, 0.717) is 29.3 Å². The number of thioether (sulfide) groups is 1. The standard InChI is InChI=1S/C10H14N2O4S/c1-6-9(7(2)16-12-6)10(15)11-3-4-17-5-8(13)14/h3-5H2,1-2H3,(H,11,15)(H,13,14). The van der Waals surface area contributed by atoms with Gasteiger partial charge < -0.3 is 14.9 Å². The third kappa shape index (κ3) is 4.10. The molecule has 0 aromatic carbocycles. The Balaban J connectivity index is 2.33. The van der Waals surface area contributed by atoms with Gasteiger partial charge in [0.25, 0.3) is 5.91 Å². The highest BCUT2D eigenvalue weighted by Crippen LogP contribution is 2.11. The van der Waals surface area contributed by atoms with Crippen LogP contribution in [0.15, 0.2) is 4.52 Å². The second kappa shape index (κ2) is 6.29. The molecular formula is C10H14N2O4S. The number of aromatic nitrogens is 1. The third-order valence-corrected chi connectivity index (χ3v) is 2.96. The summed E-state index contributed by atoms with van der Waals surface area (Å²) in [6.07, 6.45) is 0. The Morgan fingerprint density at radius 2 is 2.18 bits per heavy atom. The fourth-order valence-corrected chi connectivity index (χ4v) is 1.86. The molecule has 0 radical (unpaired) electrons. The summed E-state index contributed by atoms with van der Waals surface area (Å²) in [6, 6.07) is 0. The van der Waals surface area contributed by atoms with Crippen LogP contribution in [0.1, 0.15) is 21.8 Å². The quantitative estimate of drug-likeness (QED) is 0.734. The van der Waals surface area contributed by atoms with E-state index in [1.165, 1.54) is 11.8 Å². The number of rotatable bonds is 6. The molecule has 1 rings (SSSR count). The van der Waals surface area contributed by atoms with Crippen molar-refractivity contribution < 1.29 is 19.2 Å². The summed E-state index contributed by atoms with van der Waals surface area (Å²) in [4.78, 5) is 22.0. The van der Waals surface area contributed by atoms with Crippen LogP contribution in [-0.4, -0.2) is 40.2 Å². The lowest BCUT2D eigenvalue weighted by Crippen LogP contribution is -2.26. The monoisotopic (exact) mass is 258 g/mol. The minimum absolute atomic E-state index is 0.0428. The van der Waals surface area contributed by atoms with Crippen molar-refractivity contribution in [2.75, 3.05) is 18.1 Å². The maximum atomic E-state index is 11.7. The summed E-state index contributed by atoms with van der Waals surface area (Å²) in [7, 11) is 0. The molecule has 0 aliphatic carbocycles. The number of aryl methyl sites for hydroxylation is 2. The van der Waals surface area contributed by atoms with E-state index in [1.807, 2.05) is 0 Å². The molecule has 0 aliphatic rings. The minimum atomic E-state index is -0.855. The number of hydrogen-bond donors (Lipinski definition) is 2. The molecule has 1 aromatic heterocycles. The van der Waals surface area contributed by atoms with Gasteiger partial charge in [0.05, 0.1) is 11.4 Å². The van der Waals surface area contributed by atoms with Gasteiger partial charge in [0.1, 0.15) is 11.3 Å². The summed E-state index contributed by atoms with van der Waals surface area (Å²) >= 11 is 1.26. The van der Waals surface area contributed by atoms with Crippen molar-refractivity contribution in [1.29, 1.82) is 0 Å². The second-order valence-electron chi connectivity index (χ2n) is 3.40. The molecule has 17 heavy (non-hydrogen) atoms. The van der Waals surface area contributed by atoms with Crippen LogP contribution in [0.3, 0.4) is 0 Å². The molecule has 1 amide bonds. The van der Waals surface area contributed by atoms with Crippen molar-refractivity contribution in [3.05, 3.63) is 17.0 Å². The zero-order valence-electron chi connectivity index (χ0n) is 9.65. The summed E-state index contributed by atoms with van der Waals surface area (Å²) in [6.45, 7) is 3.79. The van der Waals surface area contributed by atoms with Crippen LogP contribution in [0.2, 0.25) is 0 Å². The highest BCUT2D eigenvalue weighted by Gasteiger charge is 2.16. The maximum Gasteiger partial charge on any atom is 0.313 e. The molecule has 0 spiro atoms. The van der Waals surface area contributed by atoms with Crippen molar-refractivity contribution >= 4 is 23.6 Å². The minimum Gasteiger partial charge on any atom is -0.481 e. The number of nitrogens with one attached hydrogen (secondary N) is 1. The van der Waals surface area contributed by atoms with Crippen molar-refractivity contribution in [2.45, 2.75) is 13.8 Å². The van der Waals surface area contributed by atoms with Gasteiger partial charge in [-0.25, -0.2) is 0 Å². The number of carbonyl (C=O) groups excluding carboxylic acids is 1. The number of carboxylic acid groups (broad SMARTS) is 1. The average Bonchev–Trinajstić information content (AvgIpc) is 2.57. The summed E-state index contributed by atoms with van der Waals surface area (Å²) in [5.41, 5.74) is 1.01. The van der Waals surface area contributed by atoms with Crippen molar-refractivity contribution in [3.63, 3.8) is 0 Å². The molecule has 94 valence electrons. The van der Waals surface area contributed by atoms with E-state index in [4.69, 9.17) is 9.63 Å². The lowest BCUT2D eigenvalue weighted by Gasteiger charge is -2.03. The highest BCUT2D eigenvalue weighted by atomic mass is 32.2. The first-order chi connectivity index (χ1) is 8.02. The van der Waals surface area contributed by atoms with Crippen molar-refractivity contribution in [1.82, 2.24) is 10.5 Å². The number of aliphatic carboxylic acids is 1. The molecule has 0 aliphatic heterocycles. The predicted molar refractivity (Wildman–Crippen MR) is 63.3 cm³/mol. The summed E-state index contributed by atoms with van der Waals surface area (Å²) in [5.74, 6) is -0.00907. The van der Waals surface area contributed by atoms with Crippen LogP contribution >= 0.6 is 11.8 Å². The van der Waals surface area contributed by atoms with Crippen LogP contribution in [-0.2, 0) is 4.79 Å².